The monoisotopic (exact) mass is 402 g/mol. The summed E-state index contributed by atoms with van der Waals surface area (Å²) in [4.78, 5) is 12.8. The average molecular weight is 403 g/mol. The number of fused-ring (bicyclic) bond motifs is 1. The van der Waals surface area contributed by atoms with Gasteiger partial charge in [-0.25, -0.2) is 0 Å². The lowest BCUT2D eigenvalue weighted by Crippen LogP contribution is -2.40. The lowest BCUT2D eigenvalue weighted by molar-refractivity contribution is -0.143. The zero-order chi connectivity index (χ0) is 20.4. The molecule has 0 unspecified atom stereocenters. The molecule has 3 aromatic carbocycles. The van der Waals surface area contributed by atoms with Crippen LogP contribution in [-0.4, -0.2) is 19.8 Å². The Kier molecular flexibility index (Phi) is 5.16. The quantitative estimate of drug-likeness (QED) is 0.486. The number of hydrogen-bond donors (Lipinski definition) is 1. The summed E-state index contributed by atoms with van der Waals surface area (Å²) < 4.78 is 8.58. The number of nitrogens with zero attached hydrogens (tertiary/aromatic N) is 2. The summed E-state index contributed by atoms with van der Waals surface area (Å²) in [5.41, 5.74) is 5.51. The molecule has 0 radical (unpaired) electrons. The maximum Gasteiger partial charge on any atom is 0.314 e. The number of aryl methyl sites for hydroxylation is 2. The van der Waals surface area contributed by atoms with Crippen LogP contribution in [0.25, 0.3) is 11.0 Å². The van der Waals surface area contributed by atoms with Crippen LogP contribution in [-0.2, 0) is 23.1 Å². The third-order valence-corrected chi connectivity index (χ3v) is 6.03. The van der Waals surface area contributed by atoms with Crippen LogP contribution in [0.15, 0.2) is 66.7 Å². The molecule has 0 bridgehead atoms. The van der Waals surface area contributed by atoms with Crippen molar-refractivity contribution in [1.82, 2.24) is 8.75 Å². The molecule has 1 heterocycles. The van der Waals surface area contributed by atoms with Crippen LogP contribution in [0.1, 0.15) is 27.8 Å². The Hall–Kier alpha value is -3.05. The standard InChI is InChI=1S/C24H22N2O2S/c1-16-3-7-18(8-4-16)14-24(23(27)28,15-19-9-5-17(2)6-10-19)20-11-12-21-22(13-20)26-29-25-21/h3-13H,14-15H2,1-2H3,(H,27,28). The molecule has 1 aromatic heterocycles. The van der Waals surface area contributed by atoms with Crippen molar-refractivity contribution in [2.24, 2.45) is 0 Å². The molecule has 0 spiro atoms. The van der Waals surface area contributed by atoms with Crippen LogP contribution < -0.4 is 0 Å². The maximum atomic E-state index is 12.8. The highest BCUT2D eigenvalue weighted by atomic mass is 32.1. The number of carboxylic acids is 1. The van der Waals surface area contributed by atoms with E-state index < -0.39 is 11.4 Å². The molecular formula is C24H22N2O2S. The second-order valence-electron chi connectivity index (χ2n) is 7.68. The van der Waals surface area contributed by atoms with E-state index in [1.807, 2.05) is 80.6 Å². The van der Waals surface area contributed by atoms with Crippen LogP contribution in [0.5, 0.6) is 0 Å². The number of carboxylic acid groups (broad SMARTS) is 1. The van der Waals surface area contributed by atoms with Crippen molar-refractivity contribution in [1.29, 1.82) is 0 Å². The third kappa shape index (κ3) is 3.91. The fourth-order valence-corrected chi connectivity index (χ4v) is 4.25. The highest BCUT2D eigenvalue weighted by molar-refractivity contribution is 7.00. The zero-order valence-electron chi connectivity index (χ0n) is 16.4. The summed E-state index contributed by atoms with van der Waals surface area (Å²) >= 11 is 1.14. The first-order chi connectivity index (χ1) is 14.0. The third-order valence-electron chi connectivity index (χ3n) is 5.47. The Labute approximate surface area is 174 Å². The Morgan fingerprint density at radius 3 is 1.86 bits per heavy atom. The van der Waals surface area contributed by atoms with Gasteiger partial charge in [-0.2, -0.15) is 8.75 Å². The number of rotatable bonds is 6. The van der Waals surface area contributed by atoms with Gasteiger partial charge in [-0.15, -0.1) is 0 Å². The Morgan fingerprint density at radius 2 is 1.34 bits per heavy atom. The molecule has 0 aliphatic carbocycles. The van der Waals surface area contributed by atoms with Crippen molar-refractivity contribution < 1.29 is 9.90 Å². The maximum absolute atomic E-state index is 12.8. The van der Waals surface area contributed by atoms with Crippen molar-refractivity contribution in [2.75, 3.05) is 0 Å². The normalized spacial score (nSPS) is 11.7. The summed E-state index contributed by atoms with van der Waals surface area (Å²) in [5, 5.41) is 10.5. The van der Waals surface area contributed by atoms with Crippen LogP contribution in [0.4, 0.5) is 0 Å². The molecule has 146 valence electrons. The van der Waals surface area contributed by atoms with Gasteiger partial charge in [0.25, 0.3) is 0 Å². The first kappa shape index (κ1) is 19.3. The fraction of sp³-hybridized carbons (Fsp3) is 0.208. The molecular weight excluding hydrogens is 380 g/mol. The van der Waals surface area contributed by atoms with E-state index in [9.17, 15) is 9.90 Å². The largest absolute Gasteiger partial charge is 0.481 e. The summed E-state index contributed by atoms with van der Waals surface area (Å²) in [6, 6.07) is 21.8. The molecule has 4 rings (SSSR count). The summed E-state index contributed by atoms with van der Waals surface area (Å²) in [6.07, 6.45) is 0.805. The first-order valence-electron chi connectivity index (χ1n) is 9.54. The minimum atomic E-state index is -1.09. The number of benzene rings is 3. The Balaban J connectivity index is 1.85. The van der Waals surface area contributed by atoms with Crippen molar-refractivity contribution in [3.63, 3.8) is 0 Å². The van der Waals surface area contributed by atoms with Crippen LogP contribution in [0.3, 0.4) is 0 Å². The van der Waals surface area contributed by atoms with Gasteiger partial charge in [0.1, 0.15) is 16.4 Å². The van der Waals surface area contributed by atoms with Gasteiger partial charge < -0.3 is 5.11 Å². The second kappa shape index (κ2) is 7.76. The Morgan fingerprint density at radius 1 is 0.828 bits per heavy atom. The minimum absolute atomic E-state index is 0.402. The highest BCUT2D eigenvalue weighted by Crippen LogP contribution is 2.35. The van der Waals surface area contributed by atoms with Crippen LogP contribution in [0.2, 0.25) is 0 Å². The van der Waals surface area contributed by atoms with Gasteiger partial charge in [-0.3, -0.25) is 4.79 Å². The SMILES string of the molecule is Cc1ccc(CC(Cc2ccc(C)cc2)(C(=O)O)c2ccc3nsnc3c2)cc1. The predicted molar refractivity (Wildman–Crippen MR) is 116 cm³/mol. The molecule has 0 saturated heterocycles. The molecule has 4 nitrogen and oxygen atoms in total. The molecule has 0 aliphatic heterocycles. The molecule has 5 heteroatoms. The van der Waals surface area contributed by atoms with E-state index in [1.165, 1.54) is 0 Å². The van der Waals surface area contributed by atoms with Crippen molar-refractivity contribution in [3.05, 3.63) is 94.5 Å². The smallest absolute Gasteiger partial charge is 0.314 e. The molecule has 0 aliphatic rings. The highest BCUT2D eigenvalue weighted by Gasteiger charge is 2.41. The predicted octanol–water partition coefficient (Wildman–Crippen LogP) is 5.12. The van der Waals surface area contributed by atoms with E-state index in [0.717, 1.165) is 50.6 Å². The zero-order valence-corrected chi connectivity index (χ0v) is 17.2. The van der Waals surface area contributed by atoms with Crippen molar-refractivity contribution in [3.8, 4) is 0 Å². The average Bonchev–Trinajstić information content (AvgIpc) is 3.18. The molecule has 29 heavy (non-hydrogen) atoms. The lowest BCUT2D eigenvalue weighted by Gasteiger charge is -2.31. The lowest BCUT2D eigenvalue weighted by atomic mass is 9.71. The first-order valence-corrected chi connectivity index (χ1v) is 10.3. The molecule has 0 amide bonds. The number of carbonyl (C=O) groups is 1. The molecule has 0 atom stereocenters. The summed E-state index contributed by atoms with van der Waals surface area (Å²) in [7, 11) is 0. The van der Waals surface area contributed by atoms with E-state index in [-0.39, 0.29) is 0 Å². The fourth-order valence-electron chi connectivity index (χ4n) is 3.73. The number of aromatic nitrogens is 2. The van der Waals surface area contributed by atoms with Gasteiger partial charge in [0, 0.05) is 0 Å². The summed E-state index contributed by atoms with van der Waals surface area (Å²) in [5.74, 6) is -0.832. The van der Waals surface area contributed by atoms with E-state index >= 15 is 0 Å². The van der Waals surface area contributed by atoms with Gasteiger partial charge in [-0.05, 0) is 55.5 Å². The van der Waals surface area contributed by atoms with Crippen LogP contribution >= 0.6 is 11.7 Å². The van der Waals surface area contributed by atoms with E-state index in [1.54, 1.807) is 0 Å². The van der Waals surface area contributed by atoms with E-state index in [2.05, 4.69) is 8.75 Å². The number of hydrogen-bond acceptors (Lipinski definition) is 4. The molecule has 0 fully saturated rings. The molecule has 1 N–H and O–H groups in total. The van der Waals surface area contributed by atoms with Gasteiger partial charge >= 0.3 is 5.97 Å². The van der Waals surface area contributed by atoms with Crippen LogP contribution in [0, 0.1) is 13.8 Å². The van der Waals surface area contributed by atoms with Gasteiger partial charge in [0.05, 0.1) is 11.7 Å². The summed E-state index contributed by atoms with van der Waals surface area (Å²) in [6.45, 7) is 4.06. The van der Waals surface area contributed by atoms with Gasteiger partial charge in [0.2, 0.25) is 0 Å². The topological polar surface area (TPSA) is 63.1 Å². The van der Waals surface area contributed by atoms with Crippen molar-refractivity contribution >= 4 is 28.7 Å². The molecule has 0 saturated carbocycles. The van der Waals surface area contributed by atoms with Gasteiger partial charge in [0.15, 0.2) is 0 Å². The Bertz CT molecular complexity index is 1100. The van der Waals surface area contributed by atoms with E-state index in [0.29, 0.717) is 12.8 Å². The molecule has 4 aromatic rings. The van der Waals surface area contributed by atoms with Crippen molar-refractivity contribution in [2.45, 2.75) is 32.1 Å². The van der Waals surface area contributed by atoms with Gasteiger partial charge in [-0.1, -0.05) is 65.7 Å². The van der Waals surface area contributed by atoms with E-state index in [4.69, 9.17) is 0 Å². The second-order valence-corrected chi connectivity index (χ2v) is 8.21. The minimum Gasteiger partial charge on any atom is -0.481 e. The number of aliphatic carboxylic acids is 1.